The van der Waals surface area contributed by atoms with Crippen LogP contribution >= 0.6 is 11.8 Å². The molecule has 1 unspecified atom stereocenters. The quantitative estimate of drug-likeness (QED) is 0.474. The summed E-state index contributed by atoms with van der Waals surface area (Å²) in [7, 11) is 0. The lowest BCUT2D eigenvalue weighted by molar-refractivity contribution is 0.0948. The fourth-order valence-corrected chi connectivity index (χ4v) is 5.33. The zero-order valence-electron chi connectivity index (χ0n) is 18.2. The third-order valence-electron chi connectivity index (χ3n) is 6.01. The summed E-state index contributed by atoms with van der Waals surface area (Å²) in [5.41, 5.74) is 2.09. The maximum Gasteiger partial charge on any atom is 0.252 e. The van der Waals surface area contributed by atoms with Crippen molar-refractivity contribution in [3.8, 4) is 0 Å². The highest BCUT2D eigenvalue weighted by Gasteiger charge is 2.19. The first kappa shape index (κ1) is 22.2. The molecule has 6 heteroatoms. The number of carbonyl (C=O) groups excluding carboxylic acids is 1. The molecule has 31 heavy (non-hydrogen) atoms. The third-order valence-corrected chi connectivity index (χ3v) is 7.22. The maximum absolute atomic E-state index is 12.7. The molecule has 5 nitrogen and oxygen atoms in total. The van der Waals surface area contributed by atoms with Crippen LogP contribution in [0.3, 0.4) is 0 Å². The van der Waals surface area contributed by atoms with Crippen LogP contribution in [0.5, 0.6) is 0 Å². The van der Waals surface area contributed by atoms with Crippen LogP contribution in [0.2, 0.25) is 0 Å². The van der Waals surface area contributed by atoms with Gasteiger partial charge in [0.25, 0.3) is 5.91 Å². The number of amides is 1. The second kappa shape index (κ2) is 11.6. The Morgan fingerprint density at radius 1 is 1.03 bits per heavy atom. The average molecular weight is 440 g/mol. The summed E-state index contributed by atoms with van der Waals surface area (Å²) < 4.78 is 5.71. The van der Waals surface area contributed by atoms with Gasteiger partial charge in [0, 0.05) is 55.7 Å². The van der Waals surface area contributed by atoms with Gasteiger partial charge < -0.3 is 15.0 Å². The number of para-hydroxylation sites is 1. The van der Waals surface area contributed by atoms with Gasteiger partial charge in [-0.1, -0.05) is 30.3 Å². The van der Waals surface area contributed by atoms with Crippen molar-refractivity contribution in [2.75, 3.05) is 56.5 Å². The molecule has 1 atom stereocenters. The molecule has 0 saturated carbocycles. The Labute approximate surface area is 190 Å². The van der Waals surface area contributed by atoms with Gasteiger partial charge >= 0.3 is 0 Å². The largest absolute Gasteiger partial charge is 0.377 e. The minimum Gasteiger partial charge on any atom is -0.377 e. The molecule has 166 valence electrons. The number of benzene rings is 2. The molecule has 2 aromatic carbocycles. The van der Waals surface area contributed by atoms with Crippen LogP contribution in [0, 0.1) is 0 Å². The maximum atomic E-state index is 12.7. The fourth-order valence-electron chi connectivity index (χ4n) is 4.21. The average Bonchev–Trinajstić information content (AvgIpc) is 3.35. The van der Waals surface area contributed by atoms with E-state index >= 15 is 0 Å². The molecular weight excluding hydrogens is 406 g/mol. The van der Waals surface area contributed by atoms with E-state index in [1.165, 1.54) is 5.69 Å². The first-order chi connectivity index (χ1) is 15.3. The van der Waals surface area contributed by atoms with Crippen LogP contribution in [-0.2, 0) is 4.74 Å². The molecule has 0 spiro atoms. The topological polar surface area (TPSA) is 44.8 Å². The van der Waals surface area contributed by atoms with Crippen molar-refractivity contribution in [1.29, 1.82) is 0 Å². The Balaban J connectivity index is 1.16. The zero-order chi connectivity index (χ0) is 21.3. The van der Waals surface area contributed by atoms with Crippen LogP contribution in [0.15, 0.2) is 59.5 Å². The molecule has 0 bridgehead atoms. The highest BCUT2D eigenvalue weighted by Crippen LogP contribution is 2.26. The standard InChI is InChI=1S/C25H33N3O2S/c29-25(23-11-4-5-12-24(23)31-20-22-10-6-19-30-22)26-13-7-14-27-15-17-28(18-16-27)21-8-2-1-3-9-21/h1-5,8-9,11-12,22H,6-7,10,13-20H2,(H,26,29). The van der Waals surface area contributed by atoms with Gasteiger partial charge in [-0.15, -0.1) is 11.8 Å². The number of thioether (sulfide) groups is 1. The molecule has 2 heterocycles. The van der Waals surface area contributed by atoms with E-state index in [-0.39, 0.29) is 5.91 Å². The van der Waals surface area contributed by atoms with Gasteiger partial charge in [0.1, 0.15) is 0 Å². The van der Waals surface area contributed by atoms with Crippen molar-refractivity contribution < 1.29 is 9.53 Å². The van der Waals surface area contributed by atoms with Crippen LogP contribution in [0.4, 0.5) is 5.69 Å². The van der Waals surface area contributed by atoms with Crippen molar-refractivity contribution in [3.05, 3.63) is 60.2 Å². The number of rotatable bonds is 9. The zero-order valence-corrected chi connectivity index (χ0v) is 19.0. The molecule has 1 N–H and O–H groups in total. The molecular formula is C25H33N3O2S. The molecule has 2 aliphatic rings. The second-order valence-electron chi connectivity index (χ2n) is 8.22. The Morgan fingerprint density at radius 3 is 2.58 bits per heavy atom. The van der Waals surface area contributed by atoms with E-state index in [2.05, 4.69) is 45.4 Å². The summed E-state index contributed by atoms with van der Waals surface area (Å²) >= 11 is 1.73. The first-order valence-electron chi connectivity index (χ1n) is 11.4. The third kappa shape index (κ3) is 6.48. The number of nitrogens with one attached hydrogen (secondary N) is 1. The van der Waals surface area contributed by atoms with Crippen molar-refractivity contribution >= 4 is 23.4 Å². The molecule has 0 aliphatic carbocycles. The predicted octanol–water partition coefficient (Wildman–Crippen LogP) is 3.90. The van der Waals surface area contributed by atoms with E-state index in [0.29, 0.717) is 12.6 Å². The van der Waals surface area contributed by atoms with Crippen molar-refractivity contribution in [3.63, 3.8) is 0 Å². The lowest BCUT2D eigenvalue weighted by Crippen LogP contribution is -2.47. The summed E-state index contributed by atoms with van der Waals surface area (Å²) in [6.07, 6.45) is 3.57. The van der Waals surface area contributed by atoms with Crippen molar-refractivity contribution in [1.82, 2.24) is 10.2 Å². The van der Waals surface area contributed by atoms with Gasteiger partial charge in [-0.05, 0) is 50.1 Å². The number of hydrogen-bond donors (Lipinski definition) is 1. The van der Waals surface area contributed by atoms with Gasteiger partial charge in [-0.3, -0.25) is 9.69 Å². The summed E-state index contributed by atoms with van der Waals surface area (Å²) in [5.74, 6) is 0.948. The number of ether oxygens (including phenoxy) is 1. The Hall–Kier alpha value is -2.02. The van der Waals surface area contributed by atoms with Crippen LogP contribution in [0.1, 0.15) is 29.6 Å². The van der Waals surface area contributed by atoms with Crippen molar-refractivity contribution in [2.24, 2.45) is 0 Å². The fraction of sp³-hybridized carbons (Fsp3) is 0.480. The Morgan fingerprint density at radius 2 is 1.81 bits per heavy atom. The van der Waals surface area contributed by atoms with Gasteiger partial charge in [-0.25, -0.2) is 0 Å². The van der Waals surface area contributed by atoms with E-state index in [4.69, 9.17) is 4.74 Å². The van der Waals surface area contributed by atoms with E-state index in [9.17, 15) is 4.79 Å². The van der Waals surface area contributed by atoms with E-state index in [1.54, 1.807) is 11.8 Å². The van der Waals surface area contributed by atoms with Gasteiger partial charge in [0.2, 0.25) is 0 Å². The van der Waals surface area contributed by atoms with E-state index < -0.39 is 0 Å². The predicted molar refractivity (Wildman–Crippen MR) is 128 cm³/mol. The normalized spacial score (nSPS) is 19.5. The monoisotopic (exact) mass is 439 g/mol. The number of nitrogens with zero attached hydrogens (tertiary/aromatic N) is 2. The highest BCUT2D eigenvalue weighted by atomic mass is 32.2. The highest BCUT2D eigenvalue weighted by molar-refractivity contribution is 7.99. The number of anilines is 1. The number of hydrogen-bond acceptors (Lipinski definition) is 5. The minimum atomic E-state index is 0.0318. The smallest absolute Gasteiger partial charge is 0.252 e. The number of piperazine rings is 1. The summed E-state index contributed by atoms with van der Waals surface area (Å²) in [6, 6.07) is 18.5. The molecule has 0 aromatic heterocycles. The minimum absolute atomic E-state index is 0.0318. The molecule has 2 aromatic rings. The van der Waals surface area contributed by atoms with Crippen LogP contribution in [0.25, 0.3) is 0 Å². The van der Waals surface area contributed by atoms with E-state index in [1.807, 2.05) is 24.3 Å². The van der Waals surface area contributed by atoms with Gasteiger partial charge in [-0.2, -0.15) is 0 Å². The molecule has 2 fully saturated rings. The molecule has 4 rings (SSSR count). The molecule has 0 radical (unpaired) electrons. The van der Waals surface area contributed by atoms with Crippen LogP contribution in [-0.4, -0.2) is 68.5 Å². The van der Waals surface area contributed by atoms with Gasteiger partial charge in [0.15, 0.2) is 0 Å². The second-order valence-corrected chi connectivity index (χ2v) is 9.28. The molecule has 2 saturated heterocycles. The summed E-state index contributed by atoms with van der Waals surface area (Å²) in [4.78, 5) is 18.7. The van der Waals surface area contributed by atoms with Gasteiger partial charge in [0.05, 0.1) is 11.7 Å². The molecule has 2 aliphatic heterocycles. The summed E-state index contributed by atoms with van der Waals surface area (Å²) in [5, 5.41) is 3.12. The van der Waals surface area contributed by atoms with Crippen molar-refractivity contribution in [2.45, 2.75) is 30.3 Å². The SMILES string of the molecule is O=C(NCCCN1CCN(c2ccccc2)CC1)c1ccccc1SCC1CCCO1. The first-order valence-corrected chi connectivity index (χ1v) is 12.4. The molecule has 1 amide bonds. The Bertz CT molecular complexity index is 819. The lowest BCUT2D eigenvalue weighted by Gasteiger charge is -2.36. The lowest BCUT2D eigenvalue weighted by atomic mass is 10.2. The Kier molecular flexibility index (Phi) is 8.27. The van der Waals surface area contributed by atoms with Crippen LogP contribution < -0.4 is 10.2 Å². The summed E-state index contributed by atoms with van der Waals surface area (Å²) in [6.45, 7) is 6.88. The van der Waals surface area contributed by atoms with E-state index in [0.717, 1.165) is 74.8 Å². The number of carbonyl (C=O) groups is 1.